The molecule has 4 rings (SSSR count). The van der Waals surface area contributed by atoms with Crippen molar-refractivity contribution in [2.75, 3.05) is 13.2 Å². The summed E-state index contributed by atoms with van der Waals surface area (Å²) < 4.78 is 74.1. The minimum atomic E-state index is -1.31. The highest BCUT2D eigenvalue weighted by atomic mass is 19.2. The van der Waals surface area contributed by atoms with E-state index in [1.165, 1.54) is 48.5 Å². The van der Waals surface area contributed by atoms with Crippen molar-refractivity contribution < 1.29 is 36.6 Å². The third-order valence-electron chi connectivity index (χ3n) is 5.96. The van der Waals surface area contributed by atoms with Crippen molar-refractivity contribution in [2.45, 2.75) is 26.7 Å². The molecule has 0 aromatic heterocycles. The lowest BCUT2D eigenvalue weighted by Gasteiger charge is -2.11. The third kappa shape index (κ3) is 6.22. The number of carbonyl (C=O) groups excluding carboxylic acids is 1. The van der Waals surface area contributed by atoms with E-state index in [4.69, 9.17) is 14.2 Å². The largest absolute Gasteiger partial charge is 0.494 e. The third-order valence-corrected chi connectivity index (χ3v) is 5.96. The molecule has 0 amide bonds. The maximum atomic E-state index is 14.9. The number of hydrogen-bond acceptors (Lipinski definition) is 4. The van der Waals surface area contributed by atoms with Gasteiger partial charge in [-0.1, -0.05) is 37.6 Å². The van der Waals surface area contributed by atoms with E-state index < -0.39 is 35.0 Å². The monoisotopic (exact) mass is 538 g/mol. The molecule has 0 aliphatic heterocycles. The molecule has 0 saturated carbocycles. The molecule has 0 bridgehead atoms. The van der Waals surface area contributed by atoms with Crippen molar-refractivity contribution in [3.8, 4) is 39.5 Å². The van der Waals surface area contributed by atoms with Gasteiger partial charge in [0.15, 0.2) is 23.1 Å². The van der Waals surface area contributed by atoms with E-state index in [1.54, 1.807) is 31.2 Å². The molecule has 0 spiro atoms. The van der Waals surface area contributed by atoms with E-state index in [2.05, 4.69) is 6.92 Å². The number of hydrogen-bond donors (Lipinski definition) is 0. The fraction of sp³-hybridized carbons (Fsp3) is 0.194. The molecular weight excluding hydrogens is 512 g/mol. The van der Waals surface area contributed by atoms with Gasteiger partial charge in [-0.15, -0.1) is 0 Å². The molecule has 0 fully saturated rings. The van der Waals surface area contributed by atoms with Crippen LogP contribution in [0, 0.1) is 23.3 Å². The highest BCUT2D eigenvalue weighted by molar-refractivity contribution is 5.91. The minimum Gasteiger partial charge on any atom is -0.494 e. The SMILES string of the molecule is CCCCOc1ccc(-c2ccc(OC(=O)c3ccc(-c4ccc(OCC)c(F)c4F)cc3)c(F)c2F)cc1. The fourth-order valence-corrected chi connectivity index (χ4v) is 3.86. The maximum Gasteiger partial charge on any atom is 0.343 e. The molecule has 0 saturated heterocycles. The standard InChI is InChI=1S/C31H26F4O4/c1-3-5-18-38-22-12-10-20(11-13-22)24-15-17-26(30(35)28(24)33)39-31(36)21-8-6-19(7-9-21)23-14-16-25(37-4-2)29(34)27(23)32/h6-17H,3-5,18H2,1-2H3. The molecule has 0 atom stereocenters. The van der Waals surface area contributed by atoms with E-state index in [-0.39, 0.29) is 29.0 Å². The first kappa shape index (κ1) is 27.7. The molecule has 39 heavy (non-hydrogen) atoms. The number of carbonyl (C=O) groups is 1. The number of esters is 1. The zero-order chi connectivity index (χ0) is 27.9. The van der Waals surface area contributed by atoms with Gasteiger partial charge in [0.2, 0.25) is 11.6 Å². The zero-order valence-corrected chi connectivity index (χ0v) is 21.4. The van der Waals surface area contributed by atoms with Crippen LogP contribution in [0.2, 0.25) is 0 Å². The van der Waals surface area contributed by atoms with Crippen LogP contribution in [-0.2, 0) is 0 Å². The van der Waals surface area contributed by atoms with E-state index in [0.717, 1.165) is 12.8 Å². The Morgan fingerprint density at radius 2 is 1.18 bits per heavy atom. The first-order valence-corrected chi connectivity index (χ1v) is 12.5. The summed E-state index contributed by atoms with van der Waals surface area (Å²) in [6, 6.07) is 17.2. The topological polar surface area (TPSA) is 44.8 Å². The van der Waals surface area contributed by atoms with Crippen molar-refractivity contribution in [2.24, 2.45) is 0 Å². The van der Waals surface area contributed by atoms with Gasteiger partial charge in [-0.25, -0.2) is 13.6 Å². The Morgan fingerprint density at radius 1 is 0.641 bits per heavy atom. The quantitative estimate of drug-likeness (QED) is 0.0881. The number of ether oxygens (including phenoxy) is 3. The van der Waals surface area contributed by atoms with Gasteiger partial charge in [0.1, 0.15) is 5.75 Å². The first-order valence-electron chi connectivity index (χ1n) is 12.5. The summed E-state index contributed by atoms with van der Waals surface area (Å²) in [7, 11) is 0. The van der Waals surface area contributed by atoms with Crippen LogP contribution in [0.15, 0.2) is 72.8 Å². The van der Waals surface area contributed by atoms with Gasteiger partial charge in [0, 0.05) is 11.1 Å². The van der Waals surface area contributed by atoms with Crippen LogP contribution in [0.1, 0.15) is 37.0 Å². The van der Waals surface area contributed by atoms with Crippen LogP contribution in [0.3, 0.4) is 0 Å². The summed E-state index contributed by atoms with van der Waals surface area (Å²) in [5, 5.41) is 0. The minimum absolute atomic E-state index is 0.00127. The average Bonchev–Trinajstić information content (AvgIpc) is 2.95. The van der Waals surface area contributed by atoms with Gasteiger partial charge in [-0.2, -0.15) is 8.78 Å². The number of halogens is 4. The van der Waals surface area contributed by atoms with E-state index in [1.807, 2.05) is 0 Å². The van der Waals surface area contributed by atoms with Gasteiger partial charge < -0.3 is 14.2 Å². The van der Waals surface area contributed by atoms with Gasteiger partial charge in [0.05, 0.1) is 18.8 Å². The zero-order valence-electron chi connectivity index (χ0n) is 21.4. The molecule has 0 heterocycles. The molecule has 0 unspecified atom stereocenters. The number of unbranched alkanes of at least 4 members (excludes halogenated alkanes) is 1. The van der Waals surface area contributed by atoms with Crippen LogP contribution in [0.25, 0.3) is 22.3 Å². The Bertz CT molecular complexity index is 1450. The molecule has 0 radical (unpaired) electrons. The second-order valence-corrected chi connectivity index (χ2v) is 8.60. The maximum absolute atomic E-state index is 14.9. The van der Waals surface area contributed by atoms with Gasteiger partial charge >= 0.3 is 5.97 Å². The predicted octanol–water partition coefficient (Wildman–Crippen LogP) is 8.37. The molecule has 0 aliphatic rings. The lowest BCUT2D eigenvalue weighted by molar-refractivity contribution is 0.0726. The Balaban J connectivity index is 1.48. The summed E-state index contributed by atoms with van der Waals surface area (Å²) in [6.07, 6.45) is 1.91. The number of rotatable bonds is 10. The van der Waals surface area contributed by atoms with Crippen LogP contribution in [-0.4, -0.2) is 19.2 Å². The van der Waals surface area contributed by atoms with Gasteiger partial charge in [-0.05, 0) is 73.0 Å². The van der Waals surface area contributed by atoms with Crippen LogP contribution >= 0.6 is 0 Å². The molecule has 4 nitrogen and oxygen atoms in total. The van der Waals surface area contributed by atoms with Crippen molar-refractivity contribution in [1.82, 2.24) is 0 Å². The second kappa shape index (κ2) is 12.5. The highest BCUT2D eigenvalue weighted by Gasteiger charge is 2.20. The molecule has 4 aromatic rings. The molecule has 0 aliphatic carbocycles. The molecular formula is C31H26F4O4. The van der Waals surface area contributed by atoms with Crippen molar-refractivity contribution in [1.29, 1.82) is 0 Å². The van der Waals surface area contributed by atoms with Crippen LogP contribution < -0.4 is 14.2 Å². The predicted molar refractivity (Wildman–Crippen MR) is 140 cm³/mol. The Kier molecular flexibility index (Phi) is 8.86. The van der Waals surface area contributed by atoms with Crippen molar-refractivity contribution >= 4 is 5.97 Å². The first-order chi connectivity index (χ1) is 18.8. The molecule has 0 N–H and O–H groups in total. The molecule has 8 heteroatoms. The lowest BCUT2D eigenvalue weighted by atomic mass is 10.0. The highest BCUT2D eigenvalue weighted by Crippen LogP contribution is 2.32. The van der Waals surface area contributed by atoms with Gasteiger partial charge in [0.25, 0.3) is 0 Å². The summed E-state index contributed by atoms with van der Waals surface area (Å²) in [6.45, 7) is 4.46. The normalized spacial score (nSPS) is 10.8. The Hall–Kier alpha value is -4.33. The van der Waals surface area contributed by atoms with Crippen molar-refractivity contribution in [3.63, 3.8) is 0 Å². The fourth-order valence-electron chi connectivity index (χ4n) is 3.86. The Morgan fingerprint density at radius 3 is 1.74 bits per heavy atom. The summed E-state index contributed by atoms with van der Waals surface area (Å²) >= 11 is 0. The average molecular weight is 539 g/mol. The summed E-state index contributed by atoms with van der Waals surface area (Å²) in [5.74, 6) is -5.78. The van der Waals surface area contributed by atoms with E-state index in [9.17, 15) is 22.4 Å². The lowest BCUT2D eigenvalue weighted by Crippen LogP contribution is -2.10. The smallest absolute Gasteiger partial charge is 0.343 e. The summed E-state index contributed by atoms with van der Waals surface area (Å²) in [5.41, 5.74) is 0.713. The van der Waals surface area contributed by atoms with E-state index in [0.29, 0.717) is 23.5 Å². The van der Waals surface area contributed by atoms with E-state index >= 15 is 0 Å². The second-order valence-electron chi connectivity index (χ2n) is 8.60. The summed E-state index contributed by atoms with van der Waals surface area (Å²) in [4.78, 5) is 12.6. The Labute approximate surface area is 223 Å². The van der Waals surface area contributed by atoms with Gasteiger partial charge in [-0.3, -0.25) is 0 Å². The molecule has 202 valence electrons. The van der Waals surface area contributed by atoms with Crippen LogP contribution in [0.5, 0.6) is 17.2 Å². The number of benzene rings is 4. The molecule has 4 aromatic carbocycles. The van der Waals surface area contributed by atoms with Crippen LogP contribution in [0.4, 0.5) is 17.6 Å². The van der Waals surface area contributed by atoms with Crippen molar-refractivity contribution in [3.05, 3.63) is 102 Å².